The molecule has 18 heavy (non-hydrogen) atoms. The van der Waals surface area contributed by atoms with Crippen LogP contribution in [0.1, 0.15) is 25.5 Å². The van der Waals surface area contributed by atoms with Gasteiger partial charge in [-0.15, -0.1) is 0 Å². The quantitative estimate of drug-likeness (QED) is 0.838. The summed E-state index contributed by atoms with van der Waals surface area (Å²) < 4.78 is 0. The molecule has 0 radical (unpaired) electrons. The van der Waals surface area contributed by atoms with E-state index in [0.717, 1.165) is 16.7 Å². The summed E-state index contributed by atoms with van der Waals surface area (Å²) in [5.41, 5.74) is 1.18. The van der Waals surface area contributed by atoms with Crippen molar-refractivity contribution in [3.63, 3.8) is 0 Å². The predicted octanol–water partition coefficient (Wildman–Crippen LogP) is 2.69. The molecular formula is C13H16N4S. The second kappa shape index (κ2) is 6.47. The summed E-state index contributed by atoms with van der Waals surface area (Å²) in [6.07, 6.45) is 5.28. The molecule has 2 rings (SSSR count). The third-order valence-electron chi connectivity index (χ3n) is 2.51. The topological polar surface area (TPSA) is 50.7 Å². The van der Waals surface area contributed by atoms with Gasteiger partial charge in [-0.2, -0.15) is 0 Å². The highest BCUT2D eigenvalue weighted by atomic mass is 32.2. The van der Waals surface area contributed by atoms with E-state index in [9.17, 15) is 0 Å². The Hall–Kier alpha value is -1.46. The van der Waals surface area contributed by atoms with Gasteiger partial charge in [-0.3, -0.25) is 0 Å². The molecule has 0 aliphatic carbocycles. The first-order chi connectivity index (χ1) is 8.81. The molecule has 5 heteroatoms. The minimum Gasteiger partial charge on any atom is -0.310 e. The second-order valence-corrected chi connectivity index (χ2v) is 4.77. The first kappa shape index (κ1) is 13.0. The standard InChI is InChI=1S/C13H16N4S/c1-3-14-10(2)11-6-4-7-15-12(11)18-13-16-8-5-9-17-13/h4-10,14H,3H2,1-2H3. The molecule has 0 aromatic carbocycles. The summed E-state index contributed by atoms with van der Waals surface area (Å²) in [7, 11) is 0. The molecule has 0 bridgehead atoms. The summed E-state index contributed by atoms with van der Waals surface area (Å²) in [5.74, 6) is 0. The molecule has 0 aliphatic rings. The van der Waals surface area contributed by atoms with Crippen molar-refractivity contribution < 1.29 is 0 Å². The van der Waals surface area contributed by atoms with Crippen LogP contribution in [0, 0.1) is 0 Å². The van der Waals surface area contributed by atoms with E-state index in [4.69, 9.17) is 0 Å². The second-order valence-electron chi connectivity index (χ2n) is 3.81. The SMILES string of the molecule is CCNC(C)c1cccnc1Sc1ncccn1. The van der Waals surface area contributed by atoms with Gasteiger partial charge in [0, 0.05) is 30.2 Å². The highest BCUT2D eigenvalue weighted by Crippen LogP contribution is 2.28. The fourth-order valence-corrected chi connectivity index (χ4v) is 2.54. The molecule has 2 aromatic rings. The predicted molar refractivity (Wildman–Crippen MR) is 72.5 cm³/mol. The Balaban J connectivity index is 2.22. The maximum atomic E-state index is 4.42. The molecule has 94 valence electrons. The lowest BCUT2D eigenvalue weighted by molar-refractivity contribution is 0.585. The summed E-state index contributed by atoms with van der Waals surface area (Å²) in [6.45, 7) is 5.17. The first-order valence-electron chi connectivity index (χ1n) is 5.94. The molecule has 1 unspecified atom stereocenters. The number of pyridine rings is 1. The molecule has 0 saturated carbocycles. The van der Waals surface area contributed by atoms with Gasteiger partial charge in [0.05, 0.1) is 0 Å². The minimum absolute atomic E-state index is 0.273. The largest absolute Gasteiger partial charge is 0.310 e. The van der Waals surface area contributed by atoms with Crippen LogP contribution in [-0.2, 0) is 0 Å². The zero-order chi connectivity index (χ0) is 12.8. The molecular weight excluding hydrogens is 244 g/mol. The van der Waals surface area contributed by atoms with Gasteiger partial charge >= 0.3 is 0 Å². The van der Waals surface area contributed by atoms with Crippen LogP contribution >= 0.6 is 11.8 Å². The lowest BCUT2D eigenvalue weighted by Crippen LogP contribution is -2.18. The third-order valence-corrected chi connectivity index (χ3v) is 3.44. The lowest BCUT2D eigenvalue weighted by atomic mass is 10.1. The monoisotopic (exact) mass is 260 g/mol. The van der Waals surface area contributed by atoms with Gasteiger partial charge in [-0.1, -0.05) is 13.0 Å². The van der Waals surface area contributed by atoms with Crippen LogP contribution in [0.25, 0.3) is 0 Å². The van der Waals surface area contributed by atoms with Crippen molar-refractivity contribution in [3.05, 3.63) is 42.4 Å². The molecule has 0 aliphatic heterocycles. The molecule has 0 fully saturated rings. The number of hydrogen-bond acceptors (Lipinski definition) is 5. The Bertz CT molecular complexity index is 489. The van der Waals surface area contributed by atoms with Gasteiger partial charge in [-0.05, 0) is 37.4 Å². The molecule has 2 heterocycles. The van der Waals surface area contributed by atoms with Crippen molar-refractivity contribution in [2.75, 3.05) is 6.54 Å². The molecule has 4 nitrogen and oxygen atoms in total. The zero-order valence-corrected chi connectivity index (χ0v) is 11.3. The maximum absolute atomic E-state index is 4.42. The van der Waals surface area contributed by atoms with Crippen molar-refractivity contribution >= 4 is 11.8 Å². The lowest BCUT2D eigenvalue weighted by Gasteiger charge is -2.15. The van der Waals surface area contributed by atoms with Crippen LogP contribution in [0.4, 0.5) is 0 Å². The van der Waals surface area contributed by atoms with Crippen LogP contribution in [0.15, 0.2) is 47.0 Å². The summed E-state index contributed by atoms with van der Waals surface area (Å²) in [5, 5.41) is 5.07. The average molecular weight is 260 g/mol. The van der Waals surface area contributed by atoms with Crippen molar-refractivity contribution in [2.45, 2.75) is 30.1 Å². The highest BCUT2D eigenvalue weighted by Gasteiger charge is 2.12. The van der Waals surface area contributed by atoms with Crippen LogP contribution in [0.2, 0.25) is 0 Å². The van der Waals surface area contributed by atoms with Gasteiger partial charge in [-0.25, -0.2) is 15.0 Å². The maximum Gasteiger partial charge on any atom is 0.193 e. The molecule has 2 aromatic heterocycles. The van der Waals surface area contributed by atoms with Crippen molar-refractivity contribution in [1.82, 2.24) is 20.3 Å². The van der Waals surface area contributed by atoms with Gasteiger partial charge in [0.1, 0.15) is 5.03 Å². The van der Waals surface area contributed by atoms with E-state index in [1.807, 2.05) is 12.1 Å². The van der Waals surface area contributed by atoms with Crippen LogP contribution in [0.3, 0.4) is 0 Å². The number of nitrogens with zero attached hydrogens (tertiary/aromatic N) is 3. The van der Waals surface area contributed by atoms with E-state index in [1.165, 1.54) is 17.3 Å². The Morgan fingerprint density at radius 1 is 1.17 bits per heavy atom. The normalized spacial score (nSPS) is 12.3. The van der Waals surface area contributed by atoms with E-state index in [0.29, 0.717) is 0 Å². The van der Waals surface area contributed by atoms with E-state index >= 15 is 0 Å². The smallest absolute Gasteiger partial charge is 0.193 e. The molecule has 0 spiro atoms. The number of rotatable bonds is 5. The van der Waals surface area contributed by atoms with Crippen molar-refractivity contribution in [2.24, 2.45) is 0 Å². The molecule has 1 N–H and O–H groups in total. The van der Waals surface area contributed by atoms with E-state index in [-0.39, 0.29) is 6.04 Å². The van der Waals surface area contributed by atoms with E-state index in [1.54, 1.807) is 18.6 Å². The summed E-state index contributed by atoms with van der Waals surface area (Å²) >= 11 is 1.50. The van der Waals surface area contributed by atoms with E-state index < -0.39 is 0 Å². The molecule has 1 atom stereocenters. The summed E-state index contributed by atoms with van der Waals surface area (Å²) in [4.78, 5) is 12.8. The van der Waals surface area contributed by atoms with Crippen LogP contribution < -0.4 is 5.32 Å². The minimum atomic E-state index is 0.273. The van der Waals surface area contributed by atoms with Crippen molar-refractivity contribution in [3.8, 4) is 0 Å². The average Bonchev–Trinajstić information content (AvgIpc) is 2.41. The summed E-state index contributed by atoms with van der Waals surface area (Å²) in [6, 6.07) is 6.13. The Morgan fingerprint density at radius 2 is 1.89 bits per heavy atom. The fourth-order valence-electron chi connectivity index (χ4n) is 1.66. The van der Waals surface area contributed by atoms with Crippen molar-refractivity contribution in [1.29, 1.82) is 0 Å². The Kier molecular flexibility index (Phi) is 4.66. The zero-order valence-electron chi connectivity index (χ0n) is 10.5. The van der Waals surface area contributed by atoms with Crippen LogP contribution in [0.5, 0.6) is 0 Å². The van der Waals surface area contributed by atoms with Gasteiger partial charge in [0.15, 0.2) is 5.16 Å². The number of hydrogen-bond donors (Lipinski definition) is 1. The molecule has 0 saturated heterocycles. The third kappa shape index (κ3) is 3.27. The Morgan fingerprint density at radius 3 is 2.61 bits per heavy atom. The van der Waals surface area contributed by atoms with Gasteiger partial charge in [0.2, 0.25) is 0 Å². The Labute approximate surface area is 111 Å². The molecule has 0 amide bonds. The van der Waals surface area contributed by atoms with Gasteiger partial charge < -0.3 is 5.32 Å². The number of aromatic nitrogens is 3. The van der Waals surface area contributed by atoms with Gasteiger partial charge in [0.25, 0.3) is 0 Å². The fraction of sp³-hybridized carbons (Fsp3) is 0.308. The first-order valence-corrected chi connectivity index (χ1v) is 6.76. The highest BCUT2D eigenvalue weighted by molar-refractivity contribution is 7.99. The number of nitrogens with one attached hydrogen (secondary N) is 1. The van der Waals surface area contributed by atoms with E-state index in [2.05, 4.69) is 40.2 Å². The van der Waals surface area contributed by atoms with Crippen LogP contribution in [-0.4, -0.2) is 21.5 Å².